The molecule has 1 heteroatoms. The minimum atomic E-state index is 0.947. The number of hydrogen-bond acceptors (Lipinski definition) is 1. The lowest BCUT2D eigenvalue weighted by Gasteiger charge is -2.08. The standard InChI is InChI=1S/C9H7N/c1-2-8-5-3-7-4-6-9(7)10-8/h2-6H,1H2. The van der Waals surface area contributed by atoms with Gasteiger partial charge in [0.25, 0.3) is 0 Å². The van der Waals surface area contributed by atoms with Crippen LogP contribution in [0.15, 0.2) is 18.7 Å². The van der Waals surface area contributed by atoms with E-state index in [9.17, 15) is 0 Å². The van der Waals surface area contributed by atoms with Crippen molar-refractivity contribution >= 4 is 18.2 Å². The fourth-order valence-electron chi connectivity index (χ4n) is 0.962. The summed E-state index contributed by atoms with van der Waals surface area (Å²) in [5.74, 6) is 0. The number of aromatic nitrogens is 1. The Balaban J connectivity index is 2.56. The Morgan fingerprint density at radius 1 is 1.30 bits per heavy atom. The molecule has 0 atom stereocenters. The van der Waals surface area contributed by atoms with Gasteiger partial charge in [-0.3, -0.25) is 0 Å². The molecule has 1 nitrogen and oxygen atoms in total. The van der Waals surface area contributed by atoms with Gasteiger partial charge < -0.3 is 0 Å². The Labute approximate surface area is 59.7 Å². The fourth-order valence-corrected chi connectivity index (χ4v) is 0.962. The van der Waals surface area contributed by atoms with Crippen molar-refractivity contribution in [2.45, 2.75) is 0 Å². The second-order valence-corrected chi connectivity index (χ2v) is 2.25. The molecule has 0 spiro atoms. The summed E-state index contributed by atoms with van der Waals surface area (Å²) in [5, 5.41) is 0. The smallest absolute Gasteiger partial charge is 0.0709 e. The van der Waals surface area contributed by atoms with Gasteiger partial charge in [0.2, 0.25) is 0 Å². The summed E-state index contributed by atoms with van der Waals surface area (Å²) in [5.41, 5.74) is 3.26. The normalized spacial score (nSPS) is 12.0. The van der Waals surface area contributed by atoms with Crippen molar-refractivity contribution in [2.75, 3.05) is 0 Å². The third-order valence-corrected chi connectivity index (χ3v) is 1.61. The second kappa shape index (κ2) is 1.81. The molecule has 1 aromatic rings. The van der Waals surface area contributed by atoms with Crippen LogP contribution in [0.4, 0.5) is 0 Å². The average Bonchev–Trinajstić information content (AvgIpc) is 1.92. The molecule has 0 unspecified atom stereocenters. The van der Waals surface area contributed by atoms with Gasteiger partial charge in [-0.25, -0.2) is 4.98 Å². The van der Waals surface area contributed by atoms with E-state index < -0.39 is 0 Å². The predicted octanol–water partition coefficient (Wildman–Crippen LogP) is 2.21. The first kappa shape index (κ1) is 5.42. The SMILES string of the molecule is C=Cc1ccc2c(n1)C=C2. The molecule has 0 fully saturated rings. The zero-order valence-electron chi connectivity index (χ0n) is 5.54. The molecular weight excluding hydrogens is 122 g/mol. The summed E-state index contributed by atoms with van der Waals surface area (Å²) in [7, 11) is 0. The first-order chi connectivity index (χ1) is 4.90. The molecule has 0 radical (unpaired) electrons. The molecule has 0 amide bonds. The van der Waals surface area contributed by atoms with Crippen molar-refractivity contribution in [3.05, 3.63) is 35.7 Å². The maximum absolute atomic E-state index is 4.27. The Morgan fingerprint density at radius 2 is 2.20 bits per heavy atom. The third-order valence-electron chi connectivity index (χ3n) is 1.61. The third kappa shape index (κ3) is 0.605. The Morgan fingerprint density at radius 3 is 2.70 bits per heavy atom. The predicted molar refractivity (Wildman–Crippen MR) is 43.3 cm³/mol. The maximum atomic E-state index is 4.27. The van der Waals surface area contributed by atoms with Crippen LogP contribution in [0.25, 0.3) is 18.2 Å². The largest absolute Gasteiger partial charge is 0.248 e. The van der Waals surface area contributed by atoms with Crippen molar-refractivity contribution in [1.82, 2.24) is 4.98 Å². The lowest BCUT2D eigenvalue weighted by Crippen LogP contribution is -1.94. The molecule has 48 valence electrons. The molecule has 0 saturated heterocycles. The van der Waals surface area contributed by atoms with E-state index in [4.69, 9.17) is 0 Å². The average molecular weight is 129 g/mol. The highest BCUT2D eigenvalue weighted by Gasteiger charge is 2.04. The summed E-state index contributed by atoms with van der Waals surface area (Å²) >= 11 is 0. The molecule has 1 aliphatic carbocycles. The van der Waals surface area contributed by atoms with Crippen LogP contribution in [0.1, 0.15) is 17.0 Å². The minimum absolute atomic E-state index is 0.947. The van der Waals surface area contributed by atoms with Crippen molar-refractivity contribution in [1.29, 1.82) is 0 Å². The van der Waals surface area contributed by atoms with E-state index in [0.29, 0.717) is 0 Å². The van der Waals surface area contributed by atoms with Crippen LogP contribution in [-0.2, 0) is 0 Å². The molecule has 10 heavy (non-hydrogen) atoms. The first-order valence-corrected chi connectivity index (χ1v) is 3.22. The number of hydrogen-bond donors (Lipinski definition) is 0. The number of rotatable bonds is 1. The number of pyridine rings is 1. The molecule has 0 bridgehead atoms. The molecule has 0 saturated carbocycles. The van der Waals surface area contributed by atoms with Crippen molar-refractivity contribution in [2.24, 2.45) is 0 Å². The van der Waals surface area contributed by atoms with Gasteiger partial charge in [-0.1, -0.05) is 18.7 Å². The quantitative estimate of drug-likeness (QED) is 0.575. The Kier molecular flexibility index (Phi) is 0.978. The molecule has 1 aliphatic rings. The van der Waals surface area contributed by atoms with Gasteiger partial charge in [-0.15, -0.1) is 0 Å². The van der Waals surface area contributed by atoms with Crippen LogP contribution in [0.5, 0.6) is 0 Å². The van der Waals surface area contributed by atoms with Gasteiger partial charge in [0.05, 0.1) is 11.4 Å². The highest BCUT2D eigenvalue weighted by molar-refractivity contribution is 5.83. The molecular formula is C9H7N. The minimum Gasteiger partial charge on any atom is -0.248 e. The molecule has 1 heterocycles. The summed E-state index contributed by atoms with van der Waals surface area (Å²) in [4.78, 5) is 4.27. The molecule has 0 N–H and O–H groups in total. The zero-order chi connectivity index (χ0) is 6.97. The van der Waals surface area contributed by atoms with E-state index in [1.165, 1.54) is 5.56 Å². The Hall–Kier alpha value is -1.37. The van der Waals surface area contributed by atoms with Gasteiger partial charge in [-0.2, -0.15) is 0 Å². The van der Waals surface area contributed by atoms with Gasteiger partial charge >= 0.3 is 0 Å². The summed E-state index contributed by atoms with van der Waals surface area (Å²) in [6.07, 6.45) is 5.81. The lowest BCUT2D eigenvalue weighted by atomic mass is 10.0. The summed E-state index contributed by atoms with van der Waals surface area (Å²) in [6.45, 7) is 3.64. The van der Waals surface area contributed by atoms with Gasteiger partial charge in [0, 0.05) is 5.56 Å². The second-order valence-electron chi connectivity index (χ2n) is 2.25. The van der Waals surface area contributed by atoms with Crippen LogP contribution in [-0.4, -0.2) is 4.98 Å². The Bertz CT molecular complexity index is 310. The van der Waals surface area contributed by atoms with Crippen LogP contribution < -0.4 is 0 Å². The number of nitrogens with zero attached hydrogens (tertiary/aromatic N) is 1. The zero-order valence-corrected chi connectivity index (χ0v) is 5.54. The van der Waals surface area contributed by atoms with E-state index in [-0.39, 0.29) is 0 Å². The summed E-state index contributed by atoms with van der Waals surface area (Å²) in [6, 6.07) is 4.02. The van der Waals surface area contributed by atoms with E-state index in [0.717, 1.165) is 11.4 Å². The highest BCUT2D eigenvalue weighted by Crippen LogP contribution is 2.21. The van der Waals surface area contributed by atoms with E-state index in [1.807, 2.05) is 12.1 Å². The highest BCUT2D eigenvalue weighted by atomic mass is 14.7. The molecule has 1 aromatic heterocycles. The maximum Gasteiger partial charge on any atom is 0.0709 e. The number of fused-ring (bicyclic) bond motifs is 1. The first-order valence-electron chi connectivity index (χ1n) is 3.22. The van der Waals surface area contributed by atoms with Crippen molar-refractivity contribution in [3.63, 3.8) is 0 Å². The lowest BCUT2D eigenvalue weighted by molar-refractivity contribution is 1.24. The van der Waals surface area contributed by atoms with E-state index in [1.54, 1.807) is 6.08 Å². The van der Waals surface area contributed by atoms with Gasteiger partial charge in [0.15, 0.2) is 0 Å². The topological polar surface area (TPSA) is 12.9 Å². The van der Waals surface area contributed by atoms with E-state index in [2.05, 4.69) is 23.7 Å². The van der Waals surface area contributed by atoms with Gasteiger partial charge in [-0.05, 0) is 18.2 Å². The fraction of sp³-hybridized carbons (Fsp3) is 0. The van der Waals surface area contributed by atoms with Crippen LogP contribution in [0.2, 0.25) is 0 Å². The van der Waals surface area contributed by atoms with E-state index >= 15 is 0 Å². The van der Waals surface area contributed by atoms with Crippen LogP contribution in [0.3, 0.4) is 0 Å². The van der Waals surface area contributed by atoms with Crippen LogP contribution >= 0.6 is 0 Å². The summed E-state index contributed by atoms with van der Waals surface area (Å²) < 4.78 is 0. The van der Waals surface area contributed by atoms with Crippen molar-refractivity contribution in [3.8, 4) is 0 Å². The van der Waals surface area contributed by atoms with Crippen LogP contribution in [0, 0.1) is 0 Å². The molecule has 0 aliphatic heterocycles. The van der Waals surface area contributed by atoms with Gasteiger partial charge in [0.1, 0.15) is 0 Å². The molecule has 2 rings (SSSR count). The monoisotopic (exact) mass is 129 g/mol. The van der Waals surface area contributed by atoms with Crippen molar-refractivity contribution < 1.29 is 0 Å². The molecule has 0 aromatic carbocycles.